The lowest BCUT2D eigenvalue weighted by atomic mass is 9.74. The zero-order chi connectivity index (χ0) is 20.0. The summed E-state index contributed by atoms with van der Waals surface area (Å²) in [7, 11) is 0. The van der Waals surface area contributed by atoms with E-state index in [2.05, 4.69) is 4.98 Å². The molecule has 0 aliphatic heterocycles. The van der Waals surface area contributed by atoms with Crippen molar-refractivity contribution in [3.8, 4) is 0 Å². The highest BCUT2D eigenvalue weighted by atomic mass is 35.5. The van der Waals surface area contributed by atoms with Crippen LogP contribution < -0.4 is 0 Å². The van der Waals surface area contributed by atoms with E-state index >= 15 is 0 Å². The van der Waals surface area contributed by atoms with E-state index in [1.807, 2.05) is 36.5 Å². The molecule has 2 saturated carbocycles. The second-order valence-corrected chi connectivity index (χ2v) is 9.16. The average molecular weight is 408 g/mol. The number of Topliss-reactive ketones (excluding diaryl/α,β-unsaturated/α-hetero) is 1. The number of halogens is 2. The van der Waals surface area contributed by atoms with Gasteiger partial charge in [0.05, 0.1) is 5.52 Å². The summed E-state index contributed by atoms with van der Waals surface area (Å²) in [5.74, 6) is 0.766. The highest BCUT2D eigenvalue weighted by Gasteiger charge is 2.57. The molecule has 3 aromatic rings. The van der Waals surface area contributed by atoms with E-state index in [1.165, 1.54) is 11.6 Å². The fourth-order valence-corrected chi connectivity index (χ4v) is 5.41. The van der Waals surface area contributed by atoms with Crippen LogP contribution in [0.4, 0.5) is 4.39 Å². The highest BCUT2D eigenvalue weighted by molar-refractivity contribution is 6.30. The van der Waals surface area contributed by atoms with Gasteiger partial charge in [0.2, 0.25) is 0 Å². The lowest BCUT2D eigenvalue weighted by molar-refractivity contribution is -0.120. The van der Waals surface area contributed by atoms with E-state index in [9.17, 15) is 9.18 Å². The first kappa shape index (κ1) is 18.7. The minimum atomic E-state index is -0.214. The van der Waals surface area contributed by atoms with Gasteiger partial charge >= 0.3 is 0 Å². The number of carbonyl (C=O) groups is 1. The van der Waals surface area contributed by atoms with Crippen molar-refractivity contribution in [2.24, 2.45) is 11.3 Å². The van der Waals surface area contributed by atoms with E-state index in [0.717, 1.165) is 48.6 Å². The molecule has 0 bridgehead atoms. The van der Waals surface area contributed by atoms with Crippen LogP contribution in [-0.4, -0.2) is 10.8 Å². The van der Waals surface area contributed by atoms with Crippen molar-refractivity contribution in [3.05, 3.63) is 76.7 Å². The number of hydrogen-bond acceptors (Lipinski definition) is 2. The molecular weight excluding hydrogens is 385 g/mol. The molecule has 1 aromatic heterocycles. The molecule has 148 valence electrons. The Morgan fingerprint density at radius 3 is 2.62 bits per heavy atom. The van der Waals surface area contributed by atoms with Gasteiger partial charge in [0.1, 0.15) is 11.6 Å². The minimum Gasteiger partial charge on any atom is -0.299 e. The van der Waals surface area contributed by atoms with Crippen molar-refractivity contribution in [3.63, 3.8) is 0 Å². The third kappa shape index (κ3) is 3.57. The van der Waals surface area contributed by atoms with Crippen molar-refractivity contribution in [2.45, 2.75) is 44.4 Å². The predicted octanol–water partition coefficient (Wildman–Crippen LogP) is 6.50. The van der Waals surface area contributed by atoms with Gasteiger partial charge in [-0.1, -0.05) is 23.7 Å². The van der Waals surface area contributed by atoms with E-state index in [0.29, 0.717) is 23.1 Å². The molecule has 0 saturated heterocycles. The molecule has 2 nitrogen and oxygen atoms in total. The fourth-order valence-electron chi connectivity index (χ4n) is 5.28. The molecule has 0 unspecified atom stereocenters. The van der Waals surface area contributed by atoms with Crippen LogP contribution in [0.25, 0.3) is 10.9 Å². The maximum absolute atomic E-state index is 13.8. The standard InChI is InChI=1S/C25H23ClFNO/c26-18-3-1-16(2-4-18)13-24(29)22-15-25(22)10-7-17(8-11-25)20-9-12-28-23-6-5-19(27)14-21(20)23/h1-6,9,12,14,17,22H,7-8,10-11,13,15H2/t17?,22-,25?/m1/s1. The number of hydrogen-bond donors (Lipinski definition) is 0. The smallest absolute Gasteiger partial charge is 0.140 e. The summed E-state index contributed by atoms with van der Waals surface area (Å²) in [5, 5.41) is 1.63. The van der Waals surface area contributed by atoms with Crippen LogP contribution in [-0.2, 0) is 11.2 Å². The Balaban J connectivity index is 1.26. The number of rotatable bonds is 4. The van der Waals surface area contributed by atoms with Crippen LogP contribution in [0.2, 0.25) is 5.02 Å². The number of nitrogens with zero attached hydrogens (tertiary/aromatic N) is 1. The van der Waals surface area contributed by atoms with E-state index in [4.69, 9.17) is 11.6 Å². The van der Waals surface area contributed by atoms with Crippen LogP contribution in [0.1, 0.15) is 49.1 Å². The maximum Gasteiger partial charge on any atom is 0.140 e. The Morgan fingerprint density at radius 2 is 1.86 bits per heavy atom. The highest BCUT2D eigenvalue weighted by Crippen LogP contribution is 2.63. The molecule has 2 aromatic carbocycles. The normalized spacial score (nSPS) is 26.0. The molecule has 0 radical (unpaired) electrons. The van der Waals surface area contributed by atoms with Gasteiger partial charge in [-0.15, -0.1) is 0 Å². The van der Waals surface area contributed by atoms with Crippen molar-refractivity contribution < 1.29 is 9.18 Å². The third-order valence-corrected chi connectivity index (χ3v) is 7.28. The van der Waals surface area contributed by atoms with Crippen molar-refractivity contribution in [1.29, 1.82) is 0 Å². The summed E-state index contributed by atoms with van der Waals surface area (Å²) in [6.45, 7) is 0. The monoisotopic (exact) mass is 407 g/mol. The summed E-state index contributed by atoms with van der Waals surface area (Å²) >= 11 is 5.94. The molecule has 1 heterocycles. The van der Waals surface area contributed by atoms with E-state index in [1.54, 1.807) is 12.1 Å². The first-order valence-corrected chi connectivity index (χ1v) is 10.7. The number of carbonyl (C=O) groups excluding carboxylic acids is 1. The molecule has 4 heteroatoms. The SMILES string of the molecule is O=C(Cc1ccc(Cl)cc1)[C@H]1CC12CCC(c1ccnc3ccc(F)cc13)CC2. The number of pyridine rings is 1. The zero-order valence-corrected chi connectivity index (χ0v) is 17.0. The van der Waals surface area contributed by atoms with E-state index in [-0.39, 0.29) is 17.2 Å². The zero-order valence-electron chi connectivity index (χ0n) is 16.2. The first-order valence-electron chi connectivity index (χ1n) is 10.4. The fraction of sp³-hybridized carbons (Fsp3) is 0.360. The number of fused-ring (bicyclic) bond motifs is 1. The van der Waals surface area contributed by atoms with Gasteiger partial charge in [-0.05, 0) is 91.0 Å². The van der Waals surface area contributed by atoms with E-state index < -0.39 is 0 Å². The predicted molar refractivity (Wildman–Crippen MR) is 114 cm³/mol. The van der Waals surface area contributed by atoms with Gasteiger partial charge in [0.25, 0.3) is 0 Å². The summed E-state index contributed by atoms with van der Waals surface area (Å²) in [4.78, 5) is 17.2. The first-order chi connectivity index (χ1) is 14.0. The van der Waals surface area contributed by atoms with Gasteiger partial charge in [0, 0.05) is 28.9 Å². The van der Waals surface area contributed by atoms with Crippen LogP contribution in [0, 0.1) is 17.2 Å². The van der Waals surface area contributed by atoms with Crippen LogP contribution in [0.15, 0.2) is 54.7 Å². The van der Waals surface area contributed by atoms with Crippen molar-refractivity contribution >= 4 is 28.3 Å². The summed E-state index contributed by atoms with van der Waals surface area (Å²) < 4.78 is 13.8. The molecule has 1 spiro atoms. The average Bonchev–Trinajstić information content (AvgIpc) is 3.43. The van der Waals surface area contributed by atoms with Gasteiger partial charge in [-0.2, -0.15) is 0 Å². The Bertz CT molecular complexity index is 1070. The maximum atomic E-state index is 13.8. The van der Waals surface area contributed by atoms with Gasteiger partial charge in [0.15, 0.2) is 0 Å². The molecule has 5 rings (SSSR count). The van der Waals surface area contributed by atoms with Crippen LogP contribution >= 0.6 is 11.6 Å². The second-order valence-electron chi connectivity index (χ2n) is 8.72. The second kappa shape index (κ2) is 7.21. The Kier molecular flexibility index (Phi) is 4.66. The van der Waals surface area contributed by atoms with Crippen molar-refractivity contribution in [1.82, 2.24) is 4.98 Å². The third-order valence-electron chi connectivity index (χ3n) is 7.03. The molecular formula is C25H23ClFNO. The molecule has 2 aliphatic carbocycles. The number of ketones is 1. The minimum absolute atomic E-state index is 0.200. The Labute approximate surface area is 175 Å². The van der Waals surface area contributed by atoms with Crippen LogP contribution in [0.3, 0.4) is 0 Å². The largest absolute Gasteiger partial charge is 0.299 e. The molecule has 29 heavy (non-hydrogen) atoms. The summed E-state index contributed by atoms with van der Waals surface area (Å²) in [5.41, 5.74) is 3.30. The molecule has 0 N–H and O–H groups in total. The number of aromatic nitrogens is 1. The molecule has 1 atom stereocenters. The topological polar surface area (TPSA) is 30.0 Å². The lowest BCUT2D eigenvalue weighted by Gasteiger charge is -2.30. The van der Waals surface area contributed by atoms with Gasteiger partial charge in [-0.3, -0.25) is 9.78 Å². The quantitative estimate of drug-likeness (QED) is 0.493. The number of benzene rings is 2. The van der Waals surface area contributed by atoms with Crippen LogP contribution in [0.5, 0.6) is 0 Å². The summed E-state index contributed by atoms with van der Waals surface area (Å²) in [6, 6.07) is 14.5. The summed E-state index contributed by atoms with van der Waals surface area (Å²) in [6.07, 6.45) is 7.62. The Hall–Kier alpha value is -2.26. The van der Waals surface area contributed by atoms with Gasteiger partial charge < -0.3 is 0 Å². The molecule has 0 amide bonds. The van der Waals surface area contributed by atoms with Crippen molar-refractivity contribution in [2.75, 3.05) is 0 Å². The van der Waals surface area contributed by atoms with Gasteiger partial charge in [-0.25, -0.2) is 4.39 Å². The Morgan fingerprint density at radius 1 is 1.10 bits per heavy atom. The molecule has 2 aliphatic rings. The lowest BCUT2D eigenvalue weighted by Crippen LogP contribution is -2.20. The molecule has 2 fully saturated rings.